The Morgan fingerprint density at radius 2 is 0.844 bits per heavy atom. The summed E-state index contributed by atoms with van der Waals surface area (Å²) in [6.07, 6.45) is 8.02. The van der Waals surface area contributed by atoms with Gasteiger partial charge in [-0.05, 0) is 35.4 Å². The van der Waals surface area contributed by atoms with E-state index in [9.17, 15) is 0 Å². The molecule has 14 heteroatoms. The van der Waals surface area contributed by atoms with E-state index >= 15 is 0 Å². The van der Waals surface area contributed by atoms with E-state index < -0.39 is 0 Å². The third-order valence-electron chi connectivity index (χ3n) is 10.7. The van der Waals surface area contributed by atoms with Crippen LogP contribution in [0.1, 0.15) is 22.3 Å². The molecule has 10 nitrogen and oxygen atoms in total. The van der Waals surface area contributed by atoms with E-state index in [-0.39, 0.29) is 0 Å². The first-order valence-electron chi connectivity index (χ1n) is 20.6. The zero-order valence-corrected chi connectivity index (χ0v) is 39.0. The first-order chi connectivity index (χ1) is 31.6. The maximum Gasteiger partial charge on any atom is 0.212 e. The minimum atomic E-state index is 0.665. The van der Waals surface area contributed by atoms with Gasteiger partial charge in [-0.15, -0.1) is 20.4 Å². The van der Waals surface area contributed by atoms with Gasteiger partial charge in [0, 0.05) is 90.0 Å². The number of aromatic nitrogens is 8. The van der Waals surface area contributed by atoms with Crippen molar-refractivity contribution in [3.05, 3.63) is 201 Å². The van der Waals surface area contributed by atoms with Crippen molar-refractivity contribution in [1.29, 1.82) is 0 Å². The molecule has 4 heterocycles. The summed E-state index contributed by atoms with van der Waals surface area (Å²) < 4.78 is 10.2. The van der Waals surface area contributed by atoms with Crippen molar-refractivity contribution in [3.8, 4) is 22.8 Å². The van der Waals surface area contributed by atoms with Gasteiger partial charge < -0.3 is 9.13 Å². The van der Waals surface area contributed by atoms with Gasteiger partial charge in [-0.2, -0.15) is 19.6 Å². The van der Waals surface area contributed by atoms with E-state index in [0.717, 1.165) is 66.1 Å². The molecule has 10 aromatic rings. The zero-order valence-electron chi connectivity index (χ0n) is 34.2. The van der Waals surface area contributed by atoms with Crippen molar-refractivity contribution >= 4 is 89.6 Å². The Bertz CT molecular complexity index is 3060. The quantitative estimate of drug-likeness (QED) is 0.0577. The van der Waals surface area contributed by atoms with Crippen LogP contribution in [0.4, 0.5) is 0 Å². The van der Waals surface area contributed by atoms with Crippen molar-refractivity contribution < 1.29 is 0 Å². The molecule has 0 saturated heterocycles. The molecule has 0 saturated carbocycles. The molecule has 0 spiro atoms. The Balaban J connectivity index is 0.960. The molecule has 0 atom stereocenters. The lowest BCUT2D eigenvalue weighted by molar-refractivity contribution is 0.770. The first-order valence-corrected chi connectivity index (χ1v) is 24.1. The van der Waals surface area contributed by atoms with Gasteiger partial charge in [0.15, 0.2) is 11.6 Å². The molecule has 0 bridgehead atoms. The molecule has 4 aromatic heterocycles. The van der Waals surface area contributed by atoms with Crippen molar-refractivity contribution in [1.82, 2.24) is 38.9 Å². The fraction of sp³-hybridized carbons (Fsp3) is 0.0800. The van der Waals surface area contributed by atoms with Crippen molar-refractivity contribution in [2.24, 2.45) is 10.2 Å². The Labute approximate surface area is 395 Å². The molecule has 0 aliphatic rings. The molecular formula is C50H38Br2N10S2. The van der Waals surface area contributed by atoms with Crippen LogP contribution in [0, 0.1) is 0 Å². The van der Waals surface area contributed by atoms with Crippen molar-refractivity contribution in [2.45, 2.75) is 23.4 Å². The average molecular weight is 1000 g/mol. The average Bonchev–Trinajstić information content (AvgIpc) is 4.11. The smallest absolute Gasteiger partial charge is 0.212 e. The SMILES string of the molecule is Brc1ccccc1/C=N/n1c(SCCSc2nnc(-c3cn(Cc4ccccc4)c4ccccc34)n2/N=C/c2ccccc2Br)nnc1-c1cn(Cc2ccccc2)c2ccccc12. The minimum Gasteiger partial charge on any atom is -0.342 e. The van der Waals surface area contributed by atoms with Crippen LogP contribution in [0.5, 0.6) is 0 Å². The van der Waals surface area contributed by atoms with Crippen LogP contribution in [0.15, 0.2) is 200 Å². The van der Waals surface area contributed by atoms with E-state index in [1.807, 2.05) is 82.4 Å². The summed E-state index contributed by atoms with van der Waals surface area (Å²) in [5, 5.41) is 32.6. The van der Waals surface area contributed by atoms with Gasteiger partial charge in [0.1, 0.15) is 0 Å². The van der Waals surface area contributed by atoms with E-state index in [1.54, 1.807) is 23.5 Å². The maximum absolute atomic E-state index is 5.02. The second-order valence-corrected chi connectivity index (χ2v) is 18.6. The highest BCUT2D eigenvalue weighted by molar-refractivity contribution is 9.10. The molecule has 0 fully saturated rings. The predicted octanol–water partition coefficient (Wildman–Crippen LogP) is 12.4. The normalized spacial score (nSPS) is 11.8. The lowest BCUT2D eigenvalue weighted by Crippen LogP contribution is -2.00. The highest BCUT2D eigenvalue weighted by Crippen LogP contribution is 2.35. The van der Waals surface area contributed by atoms with Gasteiger partial charge in [0.25, 0.3) is 0 Å². The fourth-order valence-electron chi connectivity index (χ4n) is 7.59. The first kappa shape index (κ1) is 41.7. The Morgan fingerprint density at radius 1 is 0.453 bits per heavy atom. The molecule has 0 amide bonds. The molecule has 314 valence electrons. The van der Waals surface area contributed by atoms with E-state index in [2.05, 4.69) is 150 Å². The number of halogens is 2. The van der Waals surface area contributed by atoms with Crippen LogP contribution in [-0.4, -0.2) is 62.8 Å². The molecule has 64 heavy (non-hydrogen) atoms. The second-order valence-electron chi connectivity index (χ2n) is 14.8. The van der Waals surface area contributed by atoms with Gasteiger partial charge in [0.05, 0.1) is 12.4 Å². The number of rotatable bonds is 15. The highest BCUT2D eigenvalue weighted by Gasteiger charge is 2.22. The Hall–Kier alpha value is -6.32. The van der Waals surface area contributed by atoms with E-state index in [0.29, 0.717) is 33.5 Å². The van der Waals surface area contributed by atoms with Crippen LogP contribution in [-0.2, 0) is 13.1 Å². The Morgan fingerprint density at radius 3 is 1.28 bits per heavy atom. The van der Waals surface area contributed by atoms with Gasteiger partial charge in [-0.1, -0.05) is 189 Å². The number of nitrogens with zero attached hydrogens (tertiary/aromatic N) is 10. The van der Waals surface area contributed by atoms with Crippen LogP contribution in [0.2, 0.25) is 0 Å². The largest absolute Gasteiger partial charge is 0.342 e. The fourth-order valence-corrected chi connectivity index (χ4v) is 10.1. The molecular weight excluding hydrogens is 965 g/mol. The summed E-state index contributed by atoms with van der Waals surface area (Å²) in [5.74, 6) is 2.71. The molecule has 6 aromatic carbocycles. The van der Waals surface area contributed by atoms with Crippen LogP contribution >= 0.6 is 55.4 Å². The molecule has 0 N–H and O–H groups in total. The third-order valence-corrected chi connectivity index (χ3v) is 14.2. The lowest BCUT2D eigenvalue weighted by Gasteiger charge is -2.06. The zero-order chi connectivity index (χ0) is 43.2. The summed E-state index contributed by atoms with van der Waals surface area (Å²) in [6.45, 7) is 1.45. The van der Waals surface area contributed by atoms with Crippen molar-refractivity contribution in [2.75, 3.05) is 11.5 Å². The molecule has 10 rings (SSSR count). The molecule has 0 aliphatic heterocycles. The van der Waals surface area contributed by atoms with Crippen molar-refractivity contribution in [3.63, 3.8) is 0 Å². The van der Waals surface area contributed by atoms with Gasteiger partial charge in [-0.3, -0.25) is 0 Å². The molecule has 0 unspecified atom stereocenters. The maximum atomic E-state index is 5.02. The topological polar surface area (TPSA) is 96.0 Å². The number of benzene rings is 6. The Kier molecular flexibility index (Phi) is 12.5. The third kappa shape index (κ3) is 8.91. The van der Waals surface area contributed by atoms with E-state index in [4.69, 9.17) is 30.6 Å². The summed E-state index contributed by atoms with van der Waals surface area (Å²) in [4.78, 5) is 0. The molecule has 0 radical (unpaired) electrons. The van der Waals surface area contributed by atoms with Crippen LogP contribution in [0.25, 0.3) is 44.6 Å². The summed E-state index contributed by atoms with van der Waals surface area (Å²) in [6, 6.07) is 53.9. The van der Waals surface area contributed by atoms with Gasteiger partial charge in [0.2, 0.25) is 10.3 Å². The number of fused-ring (bicyclic) bond motifs is 2. The van der Waals surface area contributed by atoms with Crippen LogP contribution in [0.3, 0.4) is 0 Å². The highest BCUT2D eigenvalue weighted by atomic mass is 79.9. The number of para-hydroxylation sites is 2. The summed E-state index contributed by atoms with van der Waals surface area (Å²) in [7, 11) is 0. The standard InChI is InChI=1S/C50H38Br2N10S2/c51-43-23-11-7-19-37(43)29-53-61-47(41-33-59(31-35-15-3-1-4-16-35)45-25-13-9-21-39(41)45)55-57-49(61)63-27-28-64-50-58-56-48(62(50)54-30-38-20-8-12-24-44(38)52)42-34-60(32-36-17-5-2-6-18-36)46-26-14-10-22-40(42)46/h1-26,29-30,33-34H,27-28,31-32H2/b53-29+,54-30+. The van der Waals surface area contributed by atoms with Crippen LogP contribution < -0.4 is 0 Å². The summed E-state index contributed by atoms with van der Waals surface area (Å²) >= 11 is 10.6. The monoisotopic (exact) mass is 1000 g/mol. The molecule has 0 aliphatic carbocycles. The van der Waals surface area contributed by atoms with Gasteiger partial charge >= 0.3 is 0 Å². The van der Waals surface area contributed by atoms with E-state index in [1.165, 1.54) is 11.1 Å². The number of hydrogen-bond acceptors (Lipinski definition) is 8. The minimum absolute atomic E-state index is 0.665. The summed E-state index contributed by atoms with van der Waals surface area (Å²) in [5.41, 5.74) is 8.46. The lowest BCUT2D eigenvalue weighted by atomic mass is 10.1. The second kappa shape index (κ2) is 19.2. The van der Waals surface area contributed by atoms with Gasteiger partial charge in [-0.25, -0.2) is 0 Å². The predicted molar refractivity (Wildman–Crippen MR) is 269 cm³/mol. The number of hydrogen-bond donors (Lipinski definition) is 0. The number of thioether (sulfide) groups is 2.